The summed E-state index contributed by atoms with van der Waals surface area (Å²) >= 11 is 0. The maximum atomic E-state index is 3.63. The van der Waals surface area contributed by atoms with E-state index < -0.39 is 0 Å². The van der Waals surface area contributed by atoms with Crippen LogP contribution in [0.2, 0.25) is 0 Å². The van der Waals surface area contributed by atoms with Crippen molar-refractivity contribution in [2.75, 3.05) is 18.0 Å². The van der Waals surface area contributed by atoms with Gasteiger partial charge in [-0.25, -0.2) is 0 Å². The van der Waals surface area contributed by atoms with E-state index in [0.29, 0.717) is 6.04 Å². The standard InChI is InChI=1S/C18H30N2/c1-3-4-5-8-16(2)19-15-17-9-11-18(12-10-17)20-13-6-7-14-20/h9-12,16,19H,3-8,13-15H2,1-2H3. The maximum absolute atomic E-state index is 3.63. The predicted molar refractivity (Wildman–Crippen MR) is 88.3 cm³/mol. The first-order valence-electron chi connectivity index (χ1n) is 8.37. The summed E-state index contributed by atoms with van der Waals surface area (Å²) in [5.41, 5.74) is 2.79. The van der Waals surface area contributed by atoms with Crippen LogP contribution in [0.3, 0.4) is 0 Å². The van der Waals surface area contributed by atoms with Crippen LogP contribution in [0.1, 0.15) is 57.9 Å². The highest BCUT2D eigenvalue weighted by molar-refractivity contribution is 5.48. The summed E-state index contributed by atoms with van der Waals surface area (Å²) in [7, 11) is 0. The number of nitrogens with zero attached hydrogens (tertiary/aromatic N) is 1. The van der Waals surface area contributed by atoms with E-state index in [1.165, 1.54) is 62.9 Å². The number of unbranched alkanes of at least 4 members (excludes halogenated alkanes) is 2. The summed E-state index contributed by atoms with van der Waals surface area (Å²) < 4.78 is 0. The van der Waals surface area contributed by atoms with Crippen molar-refractivity contribution in [1.82, 2.24) is 5.32 Å². The number of rotatable bonds is 8. The van der Waals surface area contributed by atoms with Gasteiger partial charge in [-0.1, -0.05) is 38.3 Å². The summed E-state index contributed by atoms with van der Waals surface area (Å²) in [6.45, 7) is 8.01. The average molecular weight is 274 g/mol. The van der Waals surface area contributed by atoms with Gasteiger partial charge in [-0.3, -0.25) is 0 Å². The van der Waals surface area contributed by atoms with E-state index in [-0.39, 0.29) is 0 Å². The fraction of sp³-hybridized carbons (Fsp3) is 0.667. The van der Waals surface area contributed by atoms with Crippen LogP contribution in [0.4, 0.5) is 5.69 Å². The van der Waals surface area contributed by atoms with Gasteiger partial charge in [-0.05, 0) is 43.9 Å². The van der Waals surface area contributed by atoms with Gasteiger partial charge in [-0.2, -0.15) is 0 Å². The second kappa shape index (κ2) is 8.31. The predicted octanol–water partition coefficient (Wildman–Crippen LogP) is 4.35. The molecule has 1 aliphatic rings. The molecule has 0 amide bonds. The first kappa shape index (κ1) is 15.4. The lowest BCUT2D eigenvalue weighted by Gasteiger charge is -2.18. The van der Waals surface area contributed by atoms with Crippen molar-refractivity contribution in [3.63, 3.8) is 0 Å². The van der Waals surface area contributed by atoms with E-state index in [1.54, 1.807) is 0 Å². The zero-order valence-corrected chi connectivity index (χ0v) is 13.2. The molecule has 0 spiro atoms. The summed E-state index contributed by atoms with van der Waals surface area (Å²) in [5, 5.41) is 3.63. The highest BCUT2D eigenvalue weighted by Crippen LogP contribution is 2.20. The van der Waals surface area contributed by atoms with Gasteiger partial charge < -0.3 is 10.2 Å². The molecule has 1 aromatic carbocycles. The van der Waals surface area contributed by atoms with Crippen molar-refractivity contribution < 1.29 is 0 Å². The maximum Gasteiger partial charge on any atom is 0.0366 e. The third kappa shape index (κ3) is 4.82. The Morgan fingerprint density at radius 1 is 1.10 bits per heavy atom. The van der Waals surface area contributed by atoms with Crippen molar-refractivity contribution in [2.45, 2.75) is 65.0 Å². The molecular weight excluding hydrogens is 244 g/mol. The first-order valence-corrected chi connectivity index (χ1v) is 8.37. The lowest BCUT2D eigenvalue weighted by Crippen LogP contribution is -2.25. The van der Waals surface area contributed by atoms with E-state index in [1.807, 2.05) is 0 Å². The van der Waals surface area contributed by atoms with E-state index in [2.05, 4.69) is 48.3 Å². The molecule has 0 aromatic heterocycles. The topological polar surface area (TPSA) is 15.3 Å². The molecule has 0 radical (unpaired) electrons. The van der Waals surface area contributed by atoms with Crippen LogP contribution >= 0.6 is 0 Å². The van der Waals surface area contributed by atoms with Crippen LogP contribution in [0, 0.1) is 0 Å². The second-order valence-corrected chi connectivity index (χ2v) is 6.14. The minimum absolute atomic E-state index is 0.625. The van der Waals surface area contributed by atoms with Crippen LogP contribution in [0.15, 0.2) is 24.3 Å². The van der Waals surface area contributed by atoms with E-state index in [9.17, 15) is 0 Å². The van der Waals surface area contributed by atoms with Crippen LogP contribution in [-0.4, -0.2) is 19.1 Å². The Morgan fingerprint density at radius 2 is 1.80 bits per heavy atom. The zero-order chi connectivity index (χ0) is 14.2. The normalized spacial score (nSPS) is 16.6. The Hall–Kier alpha value is -1.02. The molecule has 1 heterocycles. The summed E-state index contributed by atoms with van der Waals surface area (Å²) in [5.74, 6) is 0. The molecule has 1 atom stereocenters. The highest BCUT2D eigenvalue weighted by atomic mass is 15.1. The molecule has 1 N–H and O–H groups in total. The molecule has 1 aliphatic heterocycles. The number of benzene rings is 1. The molecule has 1 fully saturated rings. The smallest absolute Gasteiger partial charge is 0.0366 e. The molecule has 2 heteroatoms. The SMILES string of the molecule is CCCCCC(C)NCc1ccc(N2CCCC2)cc1. The minimum Gasteiger partial charge on any atom is -0.372 e. The molecule has 0 saturated carbocycles. The molecule has 0 aliphatic carbocycles. The third-order valence-corrected chi connectivity index (χ3v) is 4.30. The van der Waals surface area contributed by atoms with Crippen molar-refractivity contribution >= 4 is 5.69 Å². The molecule has 1 saturated heterocycles. The van der Waals surface area contributed by atoms with E-state index >= 15 is 0 Å². The monoisotopic (exact) mass is 274 g/mol. The first-order chi connectivity index (χ1) is 9.79. The summed E-state index contributed by atoms with van der Waals surface area (Å²) in [4.78, 5) is 2.49. The van der Waals surface area contributed by atoms with Crippen LogP contribution in [0.25, 0.3) is 0 Å². The van der Waals surface area contributed by atoms with Gasteiger partial charge in [-0.15, -0.1) is 0 Å². The van der Waals surface area contributed by atoms with Gasteiger partial charge in [0.2, 0.25) is 0 Å². The second-order valence-electron chi connectivity index (χ2n) is 6.14. The Bertz CT molecular complexity index is 366. The van der Waals surface area contributed by atoms with Crippen molar-refractivity contribution in [3.8, 4) is 0 Å². The largest absolute Gasteiger partial charge is 0.372 e. The Labute approximate surface area is 124 Å². The zero-order valence-electron chi connectivity index (χ0n) is 13.2. The molecule has 112 valence electrons. The summed E-state index contributed by atoms with van der Waals surface area (Å²) in [6, 6.07) is 9.74. The Kier molecular flexibility index (Phi) is 6.38. The van der Waals surface area contributed by atoms with Gasteiger partial charge in [0.05, 0.1) is 0 Å². The van der Waals surface area contributed by atoms with Gasteiger partial charge in [0.1, 0.15) is 0 Å². The lowest BCUT2D eigenvalue weighted by atomic mass is 10.1. The Morgan fingerprint density at radius 3 is 2.45 bits per heavy atom. The fourth-order valence-corrected chi connectivity index (χ4v) is 2.89. The van der Waals surface area contributed by atoms with Gasteiger partial charge in [0.15, 0.2) is 0 Å². The fourth-order valence-electron chi connectivity index (χ4n) is 2.89. The molecule has 2 nitrogen and oxygen atoms in total. The van der Waals surface area contributed by atoms with Crippen LogP contribution < -0.4 is 10.2 Å². The number of hydrogen-bond donors (Lipinski definition) is 1. The minimum atomic E-state index is 0.625. The van der Waals surface area contributed by atoms with Crippen molar-refractivity contribution in [3.05, 3.63) is 29.8 Å². The van der Waals surface area contributed by atoms with Crippen molar-refractivity contribution in [2.24, 2.45) is 0 Å². The van der Waals surface area contributed by atoms with Crippen LogP contribution in [0.5, 0.6) is 0 Å². The molecule has 1 unspecified atom stereocenters. The van der Waals surface area contributed by atoms with Gasteiger partial charge >= 0.3 is 0 Å². The van der Waals surface area contributed by atoms with Crippen molar-refractivity contribution in [1.29, 1.82) is 0 Å². The molecule has 20 heavy (non-hydrogen) atoms. The number of anilines is 1. The van der Waals surface area contributed by atoms with Gasteiger partial charge in [0.25, 0.3) is 0 Å². The quantitative estimate of drug-likeness (QED) is 0.709. The Balaban J connectivity index is 1.73. The van der Waals surface area contributed by atoms with Gasteiger partial charge in [0, 0.05) is 31.4 Å². The number of nitrogens with one attached hydrogen (secondary N) is 1. The van der Waals surface area contributed by atoms with E-state index in [4.69, 9.17) is 0 Å². The molecule has 1 aromatic rings. The van der Waals surface area contributed by atoms with E-state index in [0.717, 1.165) is 6.54 Å². The lowest BCUT2D eigenvalue weighted by molar-refractivity contribution is 0.487. The third-order valence-electron chi connectivity index (χ3n) is 4.30. The summed E-state index contributed by atoms with van der Waals surface area (Å²) in [6.07, 6.45) is 8.00. The number of hydrogen-bond acceptors (Lipinski definition) is 2. The van der Waals surface area contributed by atoms with Crippen LogP contribution in [-0.2, 0) is 6.54 Å². The average Bonchev–Trinajstić information content (AvgIpc) is 3.00. The molecule has 2 rings (SSSR count). The molecule has 0 bridgehead atoms. The highest BCUT2D eigenvalue weighted by Gasteiger charge is 2.11. The molecular formula is C18H30N2.